The maximum atomic E-state index is 13.3. The molecule has 0 saturated heterocycles. The van der Waals surface area contributed by atoms with Gasteiger partial charge in [-0.15, -0.1) is 0 Å². The van der Waals surface area contributed by atoms with Crippen molar-refractivity contribution in [3.63, 3.8) is 0 Å². The quantitative estimate of drug-likeness (QED) is 0.516. The molecule has 36 heavy (non-hydrogen) atoms. The van der Waals surface area contributed by atoms with Crippen LogP contribution in [-0.4, -0.2) is 27.4 Å². The molecule has 1 aromatic heterocycles. The van der Waals surface area contributed by atoms with Gasteiger partial charge in [0.25, 0.3) is 5.91 Å². The molecule has 1 atom stereocenters. The van der Waals surface area contributed by atoms with Crippen LogP contribution in [0.2, 0.25) is 0 Å². The van der Waals surface area contributed by atoms with E-state index in [9.17, 15) is 23.1 Å². The summed E-state index contributed by atoms with van der Waals surface area (Å²) >= 11 is 0. The first kappa shape index (κ1) is 25.2. The number of allylic oxidation sites excluding steroid dienone is 4. The lowest BCUT2D eigenvalue weighted by atomic mass is 10.0. The van der Waals surface area contributed by atoms with E-state index in [0.29, 0.717) is 23.3 Å². The number of hydrogen-bond donors (Lipinski definition) is 1. The third-order valence-corrected chi connectivity index (χ3v) is 5.73. The van der Waals surface area contributed by atoms with E-state index in [-0.39, 0.29) is 18.8 Å². The van der Waals surface area contributed by atoms with Gasteiger partial charge < -0.3 is 14.6 Å². The lowest BCUT2D eigenvalue weighted by molar-refractivity contribution is -0.141. The highest BCUT2D eigenvalue weighted by atomic mass is 19.4. The van der Waals surface area contributed by atoms with Crippen LogP contribution in [0.4, 0.5) is 13.2 Å². The van der Waals surface area contributed by atoms with Gasteiger partial charge in [-0.05, 0) is 36.5 Å². The number of carbonyl (C=O) groups is 1. The maximum absolute atomic E-state index is 13.3. The van der Waals surface area contributed by atoms with Crippen LogP contribution >= 0.6 is 0 Å². The average Bonchev–Trinajstić information content (AvgIpc) is 2.89. The van der Waals surface area contributed by atoms with Crippen molar-refractivity contribution in [1.82, 2.24) is 9.88 Å². The molecule has 2 aromatic rings. The Labute approximate surface area is 206 Å². The molecule has 2 aliphatic rings. The van der Waals surface area contributed by atoms with Gasteiger partial charge in [0.2, 0.25) is 5.88 Å². The fourth-order valence-corrected chi connectivity index (χ4v) is 3.81. The number of alkyl halides is 3. The van der Waals surface area contributed by atoms with Crippen LogP contribution in [0.5, 0.6) is 0 Å². The Bertz CT molecular complexity index is 1190. The predicted octanol–water partition coefficient (Wildman–Crippen LogP) is 5.56. The SMILES string of the molecule is O=C(C(O)c1ccccc1)N(CCc1ccc(C(F)(F)F)nc1)C1=COC=C(CC2=CC=CCC2)O1. The van der Waals surface area contributed by atoms with E-state index in [1.807, 2.05) is 12.2 Å². The van der Waals surface area contributed by atoms with Crippen molar-refractivity contribution in [3.05, 3.63) is 113 Å². The molecule has 0 fully saturated rings. The minimum atomic E-state index is -4.54. The summed E-state index contributed by atoms with van der Waals surface area (Å²) in [5, 5.41) is 10.8. The molecule has 1 N–H and O–H groups in total. The molecule has 4 rings (SSSR count). The monoisotopic (exact) mass is 498 g/mol. The number of ether oxygens (including phenoxy) is 2. The van der Waals surface area contributed by atoms with Crippen molar-refractivity contribution >= 4 is 5.91 Å². The van der Waals surface area contributed by atoms with Gasteiger partial charge in [-0.3, -0.25) is 14.7 Å². The van der Waals surface area contributed by atoms with Crippen LogP contribution in [0.1, 0.15) is 42.2 Å². The summed E-state index contributed by atoms with van der Waals surface area (Å²) in [6.45, 7) is 0.0175. The number of carbonyl (C=O) groups excluding carboxylic acids is 1. The van der Waals surface area contributed by atoms with Crippen molar-refractivity contribution in [1.29, 1.82) is 0 Å². The van der Waals surface area contributed by atoms with Crippen molar-refractivity contribution in [3.8, 4) is 0 Å². The Morgan fingerprint density at radius 2 is 1.94 bits per heavy atom. The zero-order valence-corrected chi connectivity index (χ0v) is 19.3. The minimum absolute atomic E-state index is 0.0175. The van der Waals surface area contributed by atoms with Crippen LogP contribution in [-0.2, 0) is 26.9 Å². The Morgan fingerprint density at radius 3 is 2.61 bits per heavy atom. The number of hydrogen-bond acceptors (Lipinski definition) is 5. The molecule has 188 valence electrons. The topological polar surface area (TPSA) is 71.9 Å². The molecule has 2 heterocycles. The first-order chi connectivity index (χ1) is 17.3. The van der Waals surface area contributed by atoms with E-state index in [4.69, 9.17) is 9.47 Å². The Morgan fingerprint density at radius 1 is 1.14 bits per heavy atom. The summed E-state index contributed by atoms with van der Waals surface area (Å²) in [4.78, 5) is 18.1. The fraction of sp³-hybridized carbons (Fsp3) is 0.259. The molecule has 0 saturated carbocycles. The second-order valence-corrected chi connectivity index (χ2v) is 8.35. The van der Waals surface area contributed by atoms with E-state index in [0.717, 1.165) is 30.7 Å². The number of amides is 1. The van der Waals surface area contributed by atoms with Crippen LogP contribution in [0.3, 0.4) is 0 Å². The van der Waals surface area contributed by atoms with Crippen LogP contribution < -0.4 is 0 Å². The Kier molecular flexibility index (Phi) is 7.90. The number of halogens is 3. The normalized spacial score (nSPS) is 16.2. The van der Waals surface area contributed by atoms with Gasteiger partial charge in [-0.1, -0.05) is 60.2 Å². The first-order valence-electron chi connectivity index (χ1n) is 11.4. The van der Waals surface area contributed by atoms with Crippen LogP contribution in [0.15, 0.2) is 96.6 Å². The van der Waals surface area contributed by atoms with E-state index in [1.165, 1.54) is 23.5 Å². The van der Waals surface area contributed by atoms with Crippen molar-refractivity contribution in [2.75, 3.05) is 6.54 Å². The smallest absolute Gasteiger partial charge is 0.433 e. The molecule has 1 amide bonds. The van der Waals surface area contributed by atoms with Gasteiger partial charge in [-0.25, -0.2) is 0 Å². The molecule has 9 heteroatoms. The maximum Gasteiger partial charge on any atom is 0.433 e. The number of aromatic nitrogens is 1. The van der Waals surface area contributed by atoms with Crippen molar-refractivity contribution in [2.45, 2.75) is 38.0 Å². The molecule has 6 nitrogen and oxygen atoms in total. The highest BCUT2D eigenvalue weighted by molar-refractivity contribution is 5.83. The number of aliphatic hydroxyl groups is 1. The zero-order valence-electron chi connectivity index (χ0n) is 19.3. The minimum Gasteiger partial charge on any atom is -0.464 e. The molecular formula is C27H25F3N2O4. The highest BCUT2D eigenvalue weighted by Gasteiger charge is 2.32. The summed E-state index contributed by atoms with van der Waals surface area (Å²) in [6.07, 6.45) is 6.37. The number of pyridine rings is 1. The number of benzene rings is 1. The molecule has 0 radical (unpaired) electrons. The first-order valence-corrected chi connectivity index (χ1v) is 11.4. The van der Waals surface area contributed by atoms with E-state index in [2.05, 4.69) is 11.1 Å². The average molecular weight is 499 g/mol. The van der Waals surface area contributed by atoms with Gasteiger partial charge in [0.15, 0.2) is 12.4 Å². The summed E-state index contributed by atoms with van der Waals surface area (Å²) < 4.78 is 50.0. The lowest BCUT2D eigenvalue weighted by Crippen LogP contribution is -2.37. The molecule has 0 spiro atoms. The Hall–Kier alpha value is -3.85. The molecule has 0 bridgehead atoms. The van der Waals surface area contributed by atoms with Crippen LogP contribution in [0, 0.1) is 0 Å². The lowest BCUT2D eigenvalue weighted by Gasteiger charge is -2.29. The molecule has 1 unspecified atom stereocenters. The molecule has 1 aliphatic carbocycles. The van der Waals surface area contributed by atoms with Crippen LogP contribution in [0.25, 0.3) is 0 Å². The number of aliphatic hydroxyl groups excluding tert-OH is 1. The number of nitrogens with zero attached hydrogens (tertiary/aromatic N) is 2. The van der Waals surface area contributed by atoms with Crippen molar-refractivity contribution < 1.29 is 32.5 Å². The number of rotatable bonds is 8. The van der Waals surface area contributed by atoms with E-state index < -0.39 is 23.9 Å². The van der Waals surface area contributed by atoms with Gasteiger partial charge in [-0.2, -0.15) is 13.2 Å². The fourth-order valence-electron chi connectivity index (χ4n) is 3.81. The Balaban J connectivity index is 1.51. The molecule has 1 aliphatic heterocycles. The summed E-state index contributed by atoms with van der Waals surface area (Å²) in [7, 11) is 0. The third-order valence-electron chi connectivity index (χ3n) is 5.73. The largest absolute Gasteiger partial charge is 0.464 e. The third kappa shape index (κ3) is 6.42. The van der Waals surface area contributed by atoms with Gasteiger partial charge in [0, 0.05) is 19.2 Å². The van der Waals surface area contributed by atoms with Crippen molar-refractivity contribution in [2.24, 2.45) is 0 Å². The van der Waals surface area contributed by atoms with Gasteiger partial charge in [0.1, 0.15) is 17.7 Å². The summed E-state index contributed by atoms with van der Waals surface area (Å²) in [5.74, 6) is -0.0754. The summed E-state index contributed by atoms with van der Waals surface area (Å²) in [5.41, 5.74) is 1.04. The zero-order chi connectivity index (χ0) is 25.5. The second kappa shape index (κ2) is 11.3. The van der Waals surface area contributed by atoms with Gasteiger partial charge in [0.05, 0.1) is 0 Å². The van der Waals surface area contributed by atoms with E-state index >= 15 is 0 Å². The standard InChI is InChI=1S/C27H25F3N2O4/c28-27(29,30)23-12-11-20(16-31-23)13-14-32(26(34)25(33)21-9-5-2-6-10-21)24-18-35-17-22(36-24)15-19-7-3-1-4-8-19/h1-3,5-7,9-12,16-18,25,33H,4,8,13-15H2. The predicted molar refractivity (Wildman–Crippen MR) is 125 cm³/mol. The van der Waals surface area contributed by atoms with E-state index in [1.54, 1.807) is 30.3 Å². The second-order valence-electron chi connectivity index (χ2n) is 8.35. The van der Waals surface area contributed by atoms with Gasteiger partial charge >= 0.3 is 6.18 Å². The molecular weight excluding hydrogens is 473 g/mol. The highest BCUT2D eigenvalue weighted by Crippen LogP contribution is 2.29. The molecule has 1 aromatic carbocycles. The summed E-state index contributed by atoms with van der Waals surface area (Å²) in [6, 6.07) is 10.6.